The minimum Gasteiger partial charge on any atom is -0.444 e. The zero-order chi connectivity index (χ0) is 14.8. The average molecular weight is 298 g/mol. The maximum atomic E-state index is 6.08. The Morgan fingerprint density at radius 2 is 1.95 bits per heavy atom. The van der Waals surface area contributed by atoms with Crippen LogP contribution in [0.2, 0.25) is 0 Å². The highest BCUT2D eigenvalue weighted by Gasteiger charge is 2.39. The summed E-state index contributed by atoms with van der Waals surface area (Å²) in [5.41, 5.74) is 2.15. The molecule has 0 radical (unpaired) electrons. The van der Waals surface area contributed by atoms with Crippen molar-refractivity contribution < 1.29 is 9.15 Å². The first kappa shape index (κ1) is 14.0. The second-order valence-corrected chi connectivity index (χ2v) is 6.46. The topological polar surface area (TPSA) is 38.5 Å². The molecule has 2 aliphatic rings. The van der Waals surface area contributed by atoms with Crippen molar-refractivity contribution in [1.82, 2.24) is 9.88 Å². The molecule has 22 heavy (non-hydrogen) atoms. The van der Waals surface area contributed by atoms with Crippen LogP contribution in [0.25, 0.3) is 11.5 Å². The number of morpholine rings is 1. The van der Waals surface area contributed by atoms with Crippen molar-refractivity contribution in [2.24, 2.45) is 0 Å². The number of ether oxygens (including phenoxy) is 1. The third-order valence-electron chi connectivity index (χ3n) is 4.80. The molecule has 1 aromatic carbocycles. The van der Waals surface area contributed by atoms with Crippen molar-refractivity contribution in [3.8, 4) is 11.5 Å². The maximum Gasteiger partial charge on any atom is 0.226 e. The van der Waals surface area contributed by atoms with Gasteiger partial charge in [0.15, 0.2) is 0 Å². The molecule has 0 unspecified atom stereocenters. The van der Waals surface area contributed by atoms with E-state index in [0.717, 1.165) is 37.5 Å². The van der Waals surface area contributed by atoms with Crippen LogP contribution < -0.4 is 0 Å². The molecule has 116 valence electrons. The van der Waals surface area contributed by atoms with E-state index < -0.39 is 0 Å². The summed E-state index contributed by atoms with van der Waals surface area (Å²) in [7, 11) is 0. The number of hydrogen-bond acceptors (Lipinski definition) is 4. The summed E-state index contributed by atoms with van der Waals surface area (Å²) in [5.74, 6) is 0.708. The van der Waals surface area contributed by atoms with Crippen molar-refractivity contribution in [1.29, 1.82) is 0 Å². The molecule has 1 aliphatic heterocycles. The molecule has 1 aromatic heterocycles. The minimum absolute atomic E-state index is 0.115. The normalized spacial score (nSPS) is 21.5. The van der Waals surface area contributed by atoms with Crippen molar-refractivity contribution >= 4 is 0 Å². The van der Waals surface area contributed by atoms with E-state index in [1.807, 2.05) is 30.3 Å². The Morgan fingerprint density at radius 3 is 2.77 bits per heavy atom. The first-order valence-corrected chi connectivity index (χ1v) is 8.19. The largest absolute Gasteiger partial charge is 0.444 e. The van der Waals surface area contributed by atoms with E-state index in [-0.39, 0.29) is 5.60 Å². The van der Waals surface area contributed by atoms with Gasteiger partial charge in [-0.15, -0.1) is 0 Å². The molecule has 1 aliphatic carbocycles. The molecular formula is C18H22N2O2. The Kier molecular flexibility index (Phi) is 3.72. The lowest BCUT2D eigenvalue weighted by molar-refractivity contribution is -0.107. The molecule has 1 saturated heterocycles. The standard InChI is InChI=1S/C18H22N2O2/c1-2-6-15(7-3-1)17-19-16(13-21-17)12-20-10-11-22-18(14-20)8-4-5-9-18/h1-3,6-7,13H,4-5,8-12,14H2. The number of nitrogens with zero attached hydrogens (tertiary/aromatic N) is 2. The van der Waals surface area contributed by atoms with Crippen LogP contribution in [0.1, 0.15) is 31.4 Å². The average Bonchev–Trinajstić information content (AvgIpc) is 3.19. The van der Waals surface area contributed by atoms with E-state index in [0.29, 0.717) is 5.89 Å². The lowest BCUT2D eigenvalue weighted by Gasteiger charge is -2.40. The van der Waals surface area contributed by atoms with Crippen LogP contribution in [0.15, 0.2) is 41.0 Å². The van der Waals surface area contributed by atoms with E-state index in [9.17, 15) is 0 Å². The van der Waals surface area contributed by atoms with Gasteiger partial charge in [0.2, 0.25) is 5.89 Å². The highest BCUT2D eigenvalue weighted by Crippen LogP contribution is 2.36. The summed E-state index contributed by atoms with van der Waals surface area (Å²) < 4.78 is 11.7. The van der Waals surface area contributed by atoms with Crippen LogP contribution in [0.3, 0.4) is 0 Å². The number of aromatic nitrogens is 1. The van der Waals surface area contributed by atoms with Gasteiger partial charge >= 0.3 is 0 Å². The Hall–Kier alpha value is -1.65. The molecule has 4 heteroatoms. The lowest BCUT2D eigenvalue weighted by atomic mass is 10.00. The summed E-state index contributed by atoms with van der Waals surface area (Å²) in [5, 5.41) is 0. The molecule has 0 amide bonds. The molecule has 4 rings (SSSR count). The zero-order valence-corrected chi connectivity index (χ0v) is 12.8. The quantitative estimate of drug-likeness (QED) is 0.869. The molecule has 0 bridgehead atoms. The summed E-state index contributed by atoms with van der Waals surface area (Å²) in [6.07, 6.45) is 6.81. The second kappa shape index (κ2) is 5.86. The van der Waals surface area contributed by atoms with Crippen LogP contribution in [0, 0.1) is 0 Å². The smallest absolute Gasteiger partial charge is 0.226 e. The monoisotopic (exact) mass is 298 g/mol. The Balaban J connectivity index is 1.44. The highest BCUT2D eigenvalue weighted by molar-refractivity contribution is 5.52. The van der Waals surface area contributed by atoms with Crippen LogP contribution in [-0.2, 0) is 11.3 Å². The van der Waals surface area contributed by atoms with E-state index in [1.165, 1.54) is 25.7 Å². The van der Waals surface area contributed by atoms with Crippen LogP contribution in [0.4, 0.5) is 0 Å². The fraction of sp³-hybridized carbons (Fsp3) is 0.500. The second-order valence-electron chi connectivity index (χ2n) is 6.46. The van der Waals surface area contributed by atoms with Crippen molar-refractivity contribution in [3.63, 3.8) is 0 Å². The summed E-state index contributed by atoms with van der Waals surface area (Å²) in [4.78, 5) is 7.10. The summed E-state index contributed by atoms with van der Waals surface area (Å²) in [6.45, 7) is 3.70. The number of rotatable bonds is 3. The fourth-order valence-electron chi connectivity index (χ4n) is 3.70. The van der Waals surface area contributed by atoms with Gasteiger partial charge in [0.1, 0.15) is 6.26 Å². The van der Waals surface area contributed by atoms with Gasteiger partial charge in [0, 0.05) is 25.2 Å². The first-order chi connectivity index (χ1) is 10.8. The van der Waals surface area contributed by atoms with E-state index >= 15 is 0 Å². The van der Waals surface area contributed by atoms with Crippen molar-refractivity contribution in [3.05, 3.63) is 42.3 Å². The number of hydrogen-bond donors (Lipinski definition) is 0. The van der Waals surface area contributed by atoms with Gasteiger partial charge in [-0.25, -0.2) is 4.98 Å². The van der Waals surface area contributed by atoms with Gasteiger partial charge in [0.25, 0.3) is 0 Å². The molecule has 1 spiro atoms. The molecule has 2 aromatic rings. The summed E-state index contributed by atoms with van der Waals surface area (Å²) >= 11 is 0. The highest BCUT2D eigenvalue weighted by atomic mass is 16.5. The Bertz CT molecular complexity index is 617. The predicted octanol–water partition coefficient (Wildman–Crippen LogP) is 3.49. The van der Waals surface area contributed by atoms with Crippen LogP contribution in [-0.4, -0.2) is 35.2 Å². The molecule has 1 saturated carbocycles. The third-order valence-corrected chi connectivity index (χ3v) is 4.80. The van der Waals surface area contributed by atoms with Gasteiger partial charge in [-0.3, -0.25) is 4.90 Å². The van der Waals surface area contributed by atoms with E-state index in [4.69, 9.17) is 9.15 Å². The van der Waals surface area contributed by atoms with Gasteiger partial charge in [-0.05, 0) is 25.0 Å². The number of benzene rings is 1. The SMILES string of the molecule is c1ccc(-c2nc(CN3CCOC4(CCCC4)C3)co2)cc1. The molecule has 2 heterocycles. The summed E-state index contributed by atoms with van der Waals surface area (Å²) in [6, 6.07) is 10.1. The van der Waals surface area contributed by atoms with Gasteiger partial charge < -0.3 is 9.15 Å². The molecule has 0 N–H and O–H groups in total. The van der Waals surface area contributed by atoms with Crippen molar-refractivity contribution in [2.45, 2.75) is 37.8 Å². The molecule has 2 fully saturated rings. The molecule has 4 nitrogen and oxygen atoms in total. The minimum atomic E-state index is 0.115. The molecule has 0 atom stereocenters. The fourth-order valence-corrected chi connectivity index (χ4v) is 3.70. The van der Waals surface area contributed by atoms with E-state index in [2.05, 4.69) is 9.88 Å². The van der Waals surface area contributed by atoms with Crippen LogP contribution in [0.5, 0.6) is 0 Å². The zero-order valence-electron chi connectivity index (χ0n) is 12.8. The Morgan fingerprint density at radius 1 is 1.14 bits per heavy atom. The molecular weight excluding hydrogens is 276 g/mol. The van der Waals surface area contributed by atoms with Gasteiger partial charge in [-0.1, -0.05) is 31.0 Å². The maximum absolute atomic E-state index is 6.08. The van der Waals surface area contributed by atoms with Gasteiger partial charge in [-0.2, -0.15) is 0 Å². The first-order valence-electron chi connectivity index (χ1n) is 8.19. The number of oxazole rings is 1. The lowest BCUT2D eigenvalue weighted by Crippen LogP contribution is -2.49. The van der Waals surface area contributed by atoms with E-state index in [1.54, 1.807) is 6.26 Å². The van der Waals surface area contributed by atoms with Crippen molar-refractivity contribution in [2.75, 3.05) is 19.7 Å². The predicted molar refractivity (Wildman–Crippen MR) is 84.4 cm³/mol. The van der Waals surface area contributed by atoms with Crippen LogP contribution >= 0.6 is 0 Å². The third kappa shape index (κ3) is 2.81. The van der Waals surface area contributed by atoms with Gasteiger partial charge in [0.05, 0.1) is 17.9 Å². The Labute approximate surface area is 131 Å².